The van der Waals surface area contributed by atoms with Gasteiger partial charge in [-0.05, 0) is 33.2 Å². The molecule has 0 aromatic rings. The molecule has 0 aromatic heterocycles. The molecule has 0 bridgehead atoms. The van der Waals surface area contributed by atoms with Crippen LogP contribution in [0.4, 0.5) is 0 Å². The summed E-state index contributed by atoms with van der Waals surface area (Å²) in [7, 11) is 1.80. The molecule has 1 fully saturated rings. The Morgan fingerprint density at radius 1 is 0.926 bits per heavy atom. The third kappa shape index (κ3) is 10.4. The van der Waals surface area contributed by atoms with E-state index >= 15 is 0 Å². The molecule has 0 aromatic carbocycles. The Labute approximate surface area is 163 Å². The highest BCUT2D eigenvalue weighted by Gasteiger charge is 2.18. The second-order valence-corrected chi connectivity index (χ2v) is 7.12. The van der Waals surface area contributed by atoms with E-state index in [4.69, 9.17) is 0 Å². The number of Topliss-reactive ketones (excluding diaryl/α,β-unsaturated/α-hetero) is 1. The summed E-state index contributed by atoms with van der Waals surface area (Å²) in [5.41, 5.74) is 0. The number of nitrogens with zero attached hydrogens (tertiary/aromatic N) is 2. The highest BCUT2D eigenvalue weighted by atomic mass is 16.2. The minimum Gasteiger partial charge on any atom is -0.355 e. The Morgan fingerprint density at radius 3 is 2.15 bits per heavy atom. The second-order valence-electron chi connectivity index (χ2n) is 7.12. The predicted molar refractivity (Wildman–Crippen MR) is 107 cm³/mol. The van der Waals surface area contributed by atoms with E-state index in [1.165, 1.54) is 0 Å². The number of hydrogen-bond donors (Lipinski definition) is 3. The molecular formula is C19H37N5O3. The van der Waals surface area contributed by atoms with Gasteiger partial charge in [-0.25, -0.2) is 0 Å². The summed E-state index contributed by atoms with van der Waals surface area (Å²) in [6.45, 7) is 9.68. The average Bonchev–Trinajstić information content (AvgIpc) is 2.65. The summed E-state index contributed by atoms with van der Waals surface area (Å²) in [5.74, 6) is 0.317. The van der Waals surface area contributed by atoms with Crippen molar-refractivity contribution in [2.75, 3.05) is 59.4 Å². The van der Waals surface area contributed by atoms with Crippen LogP contribution in [0, 0.1) is 0 Å². The first-order valence-corrected chi connectivity index (χ1v) is 10.1. The molecule has 1 rings (SSSR count). The lowest BCUT2D eigenvalue weighted by Gasteiger charge is -2.34. The maximum absolute atomic E-state index is 12.1. The zero-order chi connectivity index (χ0) is 20.1. The molecule has 8 heteroatoms. The zero-order valence-corrected chi connectivity index (χ0v) is 17.2. The van der Waals surface area contributed by atoms with E-state index in [9.17, 15) is 14.4 Å². The van der Waals surface area contributed by atoms with Crippen LogP contribution in [0.1, 0.15) is 39.5 Å². The molecule has 156 valence electrons. The van der Waals surface area contributed by atoms with Gasteiger partial charge in [-0.3, -0.25) is 24.2 Å². The van der Waals surface area contributed by atoms with Gasteiger partial charge in [-0.2, -0.15) is 0 Å². The zero-order valence-electron chi connectivity index (χ0n) is 17.2. The van der Waals surface area contributed by atoms with Gasteiger partial charge in [0, 0.05) is 52.2 Å². The Morgan fingerprint density at radius 2 is 1.56 bits per heavy atom. The van der Waals surface area contributed by atoms with Crippen LogP contribution < -0.4 is 16.0 Å². The van der Waals surface area contributed by atoms with Crippen LogP contribution in [-0.2, 0) is 14.4 Å². The summed E-state index contributed by atoms with van der Waals surface area (Å²) >= 11 is 0. The van der Waals surface area contributed by atoms with E-state index in [-0.39, 0.29) is 23.6 Å². The molecule has 0 saturated carbocycles. The molecule has 3 N–H and O–H groups in total. The summed E-state index contributed by atoms with van der Waals surface area (Å²) in [4.78, 5) is 39.1. The van der Waals surface area contributed by atoms with Gasteiger partial charge < -0.3 is 16.0 Å². The first kappa shape index (κ1) is 23.5. The summed E-state index contributed by atoms with van der Waals surface area (Å²) < 4.78 is 0. The lowest BCUT2D eigenvalue weighted by Crippen LogP contribution is -2.50. The largest absolute Gasteiger partial charge is 0.355 e. The van der Waals surface area contributed by atoms with Gasteiger partial charge in [-0.1, -0.05) is 6.92 Å². The molecule has 1 saturated heterocycles. The fourth-order valence-corrected chi connectivity index (χ4v) is 3.16. The topological polar surface area (TPSA) is 93.8 Å². The van der Waals surface area contributed by atoms with Gasteiger partial charge in [0.1, 0.15) is 5.78 Å². The number of carbonyl (C=O) groups is 3. The van der Waals surface area contributed by atoms with Gasteiger partial charge >= 0.3 is 0 Å². The van der Waals surface area contributed by atoms with Crippen molar-refractivity contribution in [1.29, 1.82) is 0 Å². The maximum Gasteiger partial charge on any atom is 0.234 e. The van der Waals surface area contributed by atoms with Gasteiger partial charge in [0.25, 0.3) is 0 Å². The van der Waals surface area contributed by atoms with Crippen molar-refractivity contribution in [2.24, 2.45) is 0 Å². The molecule has 0 aliphatic carbocycles. The SMILES string of the molecule is CCC(=O)NCCN1CCN(CC(=O)NCCCC[C@H](NC)C(C)=O)CC1. The van der Waals surface area contributed by atoms with Crippen LogP contribution in [-0.4, -0.2) is 92.8 Å². The number of unbranched alkanes of at least 4 members (excludes halogenated alkanes) is 1. The smallest absolute Gasteiger partial charge is 0.234 e. The third-order valence-corrected chi connectivity index (χ3v) is 4.98. The van der Waals surface area contributed by atoms with Crippen molar-refractivity contribution in [3.63, 3.8) is 0 Å². The molecular weight excluding hydrogens is 346 g/mol. The molecule has 1 atom stereocenters. The normalized spacial score (nSPS) is 16.7. The van der Waals surface area contributed by atoms with Crippen molar-refractivity contribution < 1.29 is 14.4 Å². The van der Waals surface area contributed by atoms with Gasteiger partial charge in [-0.15, -0.1) is 0 Å². The second kappa shape index (κ2) is 13.6. The first-order chi connectivity index (χ1) is 13.0. The van der Waals surface area contributed by atoms with Gasteiger partial charge in [0.2, 0.25) is 11.8 Å². The quantitative estimate of drug-likeness (QED) is 0.375. The van der Waals surface area contributed by atoms with Gasteiger partial charge in [0.15, 0.2) is 0 Å². The summed E-state index contributed by atoms with van der Waals surface area (Å²) in [6, 6.07) is -0.0766. The minimum absolute atomic E-state index is 0.0652. The van der Waals surface area contributed by atoms with Crippen LogP contribution >= 0.6 is 0 Å². The standard InChI is InChI=1S/C19H37N5O3/c1-4-18(26)22-9-10-23-11-13-24(14-12-23)15-19(27)21-8-6-5-7-17(20-3)16(2)25/h17,20H,4-15H2,1-3H3,(H,21,27)(H,22,26)/t17-/m0/s1. The lowest BCUT2D eigenvalue weighted by molar-refractivity contribution is -0.123. The van der Waals surface area contributed by atoms with Gasteiger partial charge in [0.05, 0.1) is 12.6 Å². The highest BCUT2D eigenvalue weighted by molar-refractivity contribution is 5.81. The molecule has 0 spiro atoms. The van der Waals surface area contributed by atoms with Crippen molar-refractivity contribution >= 4 is 17.6 Å². The van der Waals surface area contributed by atoms with Crippen LogP contribution in [0.3, 0.4) is 0 Å². The number of nitrogens with one attached hydrogen (secondary N) is 3. The number of rotatable bonds is 13. The van der Waals surface area contributed by atoms with Crippen molar-refractivity contribution in [3.8, 4) is 0 Å². The van der Waals surface area contributed by atoms with E-state index < -0.39 is 0 Å². The Hall–Kier alpha value is -1.51. The molecule has 2 amide bonds. The summed E-state index contributed by atoms with van der Waals surface area (Å²) in [6.07, 6.45) is 3.13. The number of ketones is 1. The number of amides is 2. The summed E-state index contributed by atoms with van der Waals surface area (Å²) in [5, 5.41) is 8.87. The molecule has 1 heterocycles. The molecule has 0 radical (unpaired) electrons. The minimum atomic E-state index is -0.0766. The Kier molecular flexibility index (Phi) is 11.9. The van der Waals surface area contributed by atoms with Crippen molar-refractivity contribution in [1.82, 2.24) is 25.8 Å². The number of carbonyl (C=O) groups excluding carboxylic acids is 3. The predicted octanol–water partition coefficient (Wildman–Crippen LogP) is -0.406. The fraction of sp³-hybridized carbons (Fsp3) is 0.842. The van der Waals surface area contributed by atoms with Crippen LogP contribution in [0.15, 0.2) is 0 Å². The molecule has 27 heavy (non-hydrogen) atoms. The molecule has 1 aliphatic heterocycles. The van der Waals surface area contributed by atoms with E-state index in [0.717, 1.165) is 52.0 Å². The van der Waals surface area contributed by atoms with E-state index in [1.807, 2.05) is 6.92 Å². The number of piperazine rings is 1. The van der Waals surface area contributed by atoms with E-state index in [2.05, 4.69) is 25.8 Å². The third-order valence-electron chi connectivity index (χ3n) is 4.98. The van der Waals surface area contributed by atoms with Crippen molar-refractivity contribution in [2.45, 2.75) is 45.6 Å². The highest BCUT2D eigenvalue weighted by Crippen LogP contribution is 2.02. The Bertz CT molecular complexity index is 464. The van der Waals surface area contributed by atoms with E-state index in [0.29, 0.717) is 26.1 Å². The Balaban J connectivity index is 2.06. The fourth-order valence-electron chi connectivity index (χ4n) is 3.16. The average molecular weight is 384 g/mol. The first-order valence-electron chi connectivity index (χ1n) is 10.1. The van der Waals surface area contributed by atoms with Crippen LogP contribution in [0.5, 0.6) is 0 Å². The maximum atomic E-state index is 12.1. The van der Waals surface area contributed by atoms with Crippen LogP contribution in [0.2, 0.25) is 0 Å². The lowest BCUT2D eigenvalue weighted by atomic mass is 10.1. The monoisotopic (exact) mass is 383 g/mol. The number of hydrogen-bond acceptors (Lipinski definition) is 6. The van der Waals surface area contributed by atoms with Crippen LogP contribution in [0.25, 0.3) is 0 Å². The molecule has 0 unspecified atom stereocenters. The molecule has 8 nitrogen and oxygen atoms in total. The van der Waals surface area contributed by atoms with E-state index in [1.54, 1.807) is 14.0 Å². The number of likely N-dealkylation sites (N-methyl/N-ethyl adjacent to an activating group) is 1. The molecule has 1 aliphatic rings. The van der Waals surface area contributed by atoms with Crippen molar-refractivity contribution in [3.05, 3.63) is 0 Å².